The molecule has 0 aliphatic carbocycles. The van der Waals surface area contributed by atoms with Crippen molar-refractivity contribution in [2.75, 3.05) is 6.54 Å². The molecule has 25 heavy (non-hydrogen) atoms. The number of benzene rings is 1. The first-order chi connectivity index (χ1) is 11.6. The van der Waals surface area contributed by atoms with E-state index < -0.39 is 17.9 Å². The predicted octanol–water partition coefficient (Wildman–Crippen LogP) is 2.84. The molecule has 0 fully saturated rings. The molecule has 0 heterocycles. The van der Waals surface area contributed by atoms with Gasteiger partial charge in [-0.1, -0.05) is 33.8 Å². The number of carboxylic acid groups (broad SMARTS) is 1. The third-order valence-corrected chi connectivity index (χ3v) is 3.71. The van der Waals surface area contributed by atoms with E-state index in [4.69, 9.17) is 0 Å². The Balaban J connectivity index is 2.80. The van der Waals surface area contributed by atoms with Crippen LogP contribution in [0.1, 0.15) is 67.7 Å². The lowest BCUT2D eigenvalue weighted by atomic mass is 9.88. The Labute approximate surface area is 149 Å². The van der Waals surface area contributed by atoms with Gasteiger partial charge >= 0.3 is 5.97 Å². The van der Waals surface area contributed by atoms with Crippen LogP contribution in [-0.4, -0.2) is 35.5 Å². The summed E-state index contributed by atoms with van der Waals surface area (Å²) in [7, 11) is 0. The third-order valence-electron chi connectivity index (χ3n) is 3.71. The van der Waals surface area contributed by atoms with Crippen molar-refractivity contribution in [1.82, 2.24) is 10.6 Å². The summed E-state index contributed by atoms with van der Waals surface area (Å²) in [5, 5.41) is 14.6. The largest absolute Gasteiger partial charge is 0.480 e. The third kappa shape index (κ3) is 7.37. The minimum Gasteiger partial charge on any atom is -0.480 e. The zero-order chi connectivity index (χ0) is 19.0. The van der Waals surface area contributed by atoms with E-state index in [1.54, 1.807) is 18.2 Å². The maximum absolute atomic E-state index is 12.4. The molecular weight excluding hydrogens is 320 g/mol. The maximum atomic E-state index is 12.4. The Kier molecular flexibility index (Phi) is 7.61. The van der Waals surface area contributed by atoms with E-state index in [9.17, 15) is 19.5 Å². The van der Waals surface area contributed by atoms with Crippen LogP contribution >= 0.6 is 0 Å². The van der Waals surface area contributed by atoms with Crippen molar-refractivity contribution in [2.24, 2.45) is 5.41 Å². The Morgan fingerprint density at radius 2 is 1.72 bits per heavy atom. The van der Waals surface area contributed by atoms with Gasteiger partial charge in [0, 0.05) is 17.7 Å². The second kappa shape index (κ2) is 9.20. The van der Waals surface area contributed by atoms with E-state index in [2.05, 4.69) is 10.6 Å². The lowest BCUT2D eigenvalue weighted by molar-refractivity contribution is -0.139. The summed E-state index contributed by atoms with van der Waals surface area (Å²) in [5.41, 5.74) is 0.629. The highest BCUT2D eigenvalue weighted by Gasteiger charge is 2.23. The molecule has 0 bridgehead atoms. The zero-order valence-corrected chi connectivity index (χ0v) is 15.4. The molecule has 0 aromatic heterocycles. The first-order valence-corrected chi connectivity index (χ1v) is 8.56. The SMILES string of the molecule is CCCNC(=O)c1cccc(C(=O)NC(CCC(C)(C)C)C(=O)O)c1. The van der Waals surface area contributed by atoms with Crippen molar-refractivity contribution >= 4 is 17.8 Å². The number of carboxylic acids is 1. The minimum atomic E-state index is -1.06. The van der Waals surface area contributed by atoms with Crippen LogP contribution in [0.2, 0.25) is 0 Å². The van der Waals surface area contributed by atoms with Crippen LogP contribution in [0.25, 0.3) is 0 Å². The molecule has 0 aliphatic heterocycles. The highest BCUT2D eigenvalue weighted by molar-refractivity contribution is 6.00. The Hall–Kier alpha value is -2.37. The Bertz CT molecular complexity index is 620. The second-order valence-electron chi connectivity index (χ2n) is 7.30. The molecule has 0 saturated heterocycles. The first-order valence-electron chi connectivity index (χ1n) is 8.56. The van der Waals surface area contributed by atoms with Crippen molar-refractivity contribution in [3.8, 4) is 0 Å². The molecule has 1 unspecified atom stereocenters. The van der Waals surface area contributed by atoms with Crippen LogP contribution in [0.15, 0.2) is 24.3 Å². The summed E-state index contributed by atoms with van der Waals surface area (Å²) < 4.78 is 0. The lowest BCUT2D eigenvalue weighted by Gasteiger charge is -2.21. The number of carbonyl (C=O) groups excluding carboxylic acids is 2. The molecule has 138 valence electrons. The van der Waals surface area contributed by atoms with E-state index in [-0.39, 0.29) is 16.9 Å². The Morgan fingerprint density at radius 1 is 1.12 bits per heavy atom. The smallest absolute Gasteiger partial charge is 0.326 e. The number of hydrogen-bond donors (Lipinski definition) is 3. The second-order valence-corrected chi connectivity index (χ2v) is 7.30. The van der Waals surface area contributed by atoms with Crippen LogP contribution in [0.3, 0.4) is 0 Å². The van der Waals surface area contributed by atoms with Crippen LogP contribution in [0.4, 0.5) is 0 Å². The lowest BCUT2D eigenvalue weighted by Crippen LogP contribution is -2.41. The molecule has 1 atom stereocenters. The standard InChI is InChI=1S/C19H28N2O4/c1-5-11-20-16(22)13-7-6-8-14(12-13)17(23)21-15(18(24)25)9-10-19(2,3)4/h6-8,12,15H,5,9-11H2,1-4H3,(H,20,22)(H,21,23)(H,24,25). The number of carbonyl (C=O) groups is 3. The minimum absolute atomic E-state index is 0.0181. The molecule has 3 N–H and O–H groups in total. The topological polar surface area (TPSA) is 95.5 Å². The highest BCUT2D eigenvalue weighted by Crippen LogP contribution is 2.21. The van der Waals surface area contributed by atoms with Gasteiger partial charge in [0.05, 0.1) is 0 Å². The fourth-order valence-electron chi connectivity index (χ4n) is 2.22. The van der Waals surface area contributed by atoms with Gasteiger partial charge in [-0.2, -0.15) is 0 Å². The fourth-order valence-corrected chi connectivity index (χ4v) is 2.22. The zero-order valence-electron chi connectivity index (χ0n) is 15.4. The summed E-state index contributed by atoms with van der Waals surface area (Å²) in [4.78, 5) is 35.7. The van der Waals surface area contributed by atoms with Gasteiger partial charge in [-0.15, -0.1) is 0 Å². The number of nitrogens with one attached hydrogen (secondary N) is 2. The van der Waals surface area contributed by atoms with Gasteiger partial charge in [0.15, 0.2) is 0 Å². The quantitative estimate of drug-likeness (QED) is 0.673. The summed E-state index contributed by atoms with van der Waals surface area (Å²) in [6.07, 6.45) is 1.84. The predicted molar refractivity (Wildman–Crippen MR) is 96.6 cm³/mol. The fraction of sp³-hybridized carbons (Fsp3) is 0.526. The van der Waals surface area contributed by atoms with E-state index in [0.717, 1.165) is 6.42 Å². The summed E-state index contributed by atoms with van der Waals surface area (Å²) in [5.74, 6) is -1.81. The van der Waals surface area contributed by atoms with Crippen molar-refractivity contribution in [3.63, 3.8) is 0 Å². The molecule has 0 aliphatic rings. The molecular formula is C19H28N2O4. The molecule has 2 amide bonds. The van der Waals surface area contributed by atoms with E-state index >= 15 is 0 Å². The van der Waals surface area contributed by atoms with Gasteiger partial charge in [0.25, 0.3) is 11.8 Å². The Morgan fingerprint density at radius 3 is 2.24 bits per heavy atom. The molecule has 1 rings (SSSR count). The number of aliphatic carboxylic acids is 1. The van der Waals surface area contributed by atoms with E-state index in [0.29, 0.717) is 24.9 Å². The molecule has 0 saturated carbocycles. The van der Waals surface area contributed by atoms with Gasteiger partial charge in [0.1, 0.15) is 6.04 Å². The highest BCUT2D eigenvalue weighted by atomic mass is 16.4. The van der Waals surface area contributed by atoms with Crippen molar-refractivity contribution in [1.29, 1.82) is 0 Å². The van der Waals surface area contributed by atoms with Crippen molar-refractivity contribution in [3.05, 3.63) is 35.4 Å². The number of rotatable bonds is 8. The van der Waals surface area contributed by atoms with Gasteiger partial charge in [-0.3, -0.25) is 9.59 Å². The molecule has 0 radical (unpaired) electrons. The molecule has 6 nitrogen and oxygen atoms in total. The molecule has 6 heteroatoms. The maximum Gasteiger partial charge on any atom is 0.326 e. The first kappa shape index (κ1) is 20.7. The van der Waals surface area contributed by atoms with Gasteiger partial charge in [-0.05, 0) is 42.9 Å². The summed E-state index contributed by atoms with van der Waals surface area (Å²) in [6, 6.07) is 5.32. The number of hydrogen-bond acceptors (Lipinski definition) is 3. The average Bonchev–Trinajstić information content (AvgIpc) is 2.55. The normalized spacial score (nSPS) is 12.3. The molecule has 1 aromatic rings. The number of amides is 2. The monoisotopic (exact) mass is 348 g/mol. The van der Waals surface area contributed by atoms with Gasteiger partial charge in [-0.25, -0.2) is 4.79 Å². The van der Waals surface area contributed by atoms with Crippen LogP contribution in [0, 0.1) is 5.41 Å². The van der Waals surface area contributed by atoms with E-state index in [1.807, 2.05) is 27.7 Å². The van der Waals surface area contributed by atoms with Crippen molar-refractivity contribution < 1.29 is 19.5 Å². The van der Waals surface area contributed by atoms with Crippen molar-refractivity contribution in [2.45, 2.75) is 53.0 Å². The molecule has 1 aromatic carbocycles. The van der Waals surface area contributed by atoms with E-state index in [1.165, 1.54) is 6.07 Å². The van der Waals surface area contributed by atoms with Crippen LogP contribution in [-0.2, 0) is 4.79 Å². The summed E-state index contributed by atoms with van der Waals surface area (Å²) >= 11 is 0. The van der Waals surface area contributed by atoms with Gasteiger partial charge in [0.2, 0.25) is 0 Å². The molecule has 0 spiro atoms. The summed E-state index contributed by atoms with van der Waals surface area (Å²) in [6.45, 7) is 8.57. The van der Waals surface area contributed by atoms with Gasteiger partial charge < -0.3 is 15.7 Å². The van der Waals surface area contributed by atoms with Crippen LogP contribution < -0.4 is 10.6 Å². The average molecular weight is 348 g/mol. The van der Waals surface area contributed by atoms with Crippen LogP contribution in [0.5, 0.6) is 0 Å².